The Morgan fingerprint density at radius 1 is 1.07 bits per heavy atom. The van der Waals surface area contributed by atoms with Crippen LogP contribution in [0.5, 0.6) is 5.75 Å². The Morgan fingerprint density at radius 3 is 2.64 bits per heavy atom. The molecule has 6 heteroatoms. The van der Waals surface area contributed by atoms with Crippen molar-refractivity contribution in [1.29, 1.82) is 0 Å². The van der Waals surface area contributed by atoms with Crippen LogP contribution in [-0.4, -0.2) is 48.6 Å². The normalized spacial score (nSPS) is 14.4. The molecule has 3 aromatic rings. The SMILES string of the molecule is CCOc1ccccc1N1CCN(C(=O)c2ccc(Cl)c3cccnc23)CC1. The molecule has 0 saturated carbocycles. The lowest BCUT2D eigenvalue weighted by Crippen LogP contribution is -2.49. The summed E-state index contributed by atoms with van der Waals surface area (Å²) in [5.74, 6) is 0.885. The van der Waals surface area contributed by atoms with E-state index in [2.05, 4.69) is 16.0 Å². The Balaban J connectivity index is 1.52. The number of hydrogen-bond donors (Lipinski definition) is 0. The van der Waals surface area contributed by atoms with Gasteiger partial charge in [-0.3, -0.25) is 9.78 Å². The molecule has 5 nitrogen and oxygen atoms in total. The van der Waals surface area contributed by atoms with Crippen LogP contribution in [-0.2, 0) is 0 Å². The van der Waals surface area contributed by atoms with Gasteiger partial charge in [-0.05, 0) is 43.3 Å². The summed E-state index contributed by atoms with van der Waals surface area (Å²) in [6.07, 6.45) is 1.69. The van der Waals surface area contributed by atoms with Crippen molar-refractivity contribution in [2.24, 2.45) is 0 Å². The van der Waals surface area contributed by atoms with Crippen molar-refractivity contribution in [3.8, 4) is 5.75 Å². The first-order chi connectivity index (χ1) is 13.7. The van der Waals surface area contributed by atoms with Crippen LogP contribution in [0.15, 0.2) is 54.7 Å². The molecule has 1 saturated heterocycles. The fraction of sp³-hybridized carbons (Fsp3) is 0.273. The molecule has 0 bridgehead atoms. The first-order valence-corrected chi connectivity index (χ1v) is 9.86. The molecule has 1 aliphatic rings. The zero-order chi connectivity index (χ0) is 19.5. The number of benzene rings is 2. The third kappa shape index (κ3) is 3.50. The van der Waals surface area contributed by atoms with Gasteiger partial charge >= 0.3 is 0 Å². The number of nitrogens with zero attached hydrogens (tertiary/aromatic N) is 3. The Bertz CT molecular complexity index is 1000. The topological polar surface area (TPSA) is 45.7 Å². The van der Waals surface area contributed by atoms with Crippen molar-refractivity contribution in [3.05, 3.63) is 65.3 Å². The largest absolute Gasteiger partial charge is 0.492 e. The second-order valence-electron chi connectivity index (χ2n) is 6.67. The lowest BCUT2D eigenvalue weighted by Gasteiger charge is -2.36. The van der Waals surface area contributed by atoms with Gasteiger partial charge in [-0.2, -0.15) is 0 Å². The molecular formula is C22H22ClN3O2. The van der Waals surface area contributed by atoms with E-state index >= 15 is 0 Å². The molecule has 144 valence electrons. The highest BCUT2D eigenvalue weighted by Crippen LogP contribution is 2.30. The molecular weight excluding hydrogens is 374 g/mol. The molecule has 1 aromatic heterocycles. The lowest BCUT2D eigenvalue weighted by atomic mass is 10.1. The molecule has 4 rings (SSSR count). The van der Waals surface area contributed by atoms with Crippen LogP contribution in [0, 0.1) is 0 Å². The average Bonchev–Trinajstić information content (AvgIpc) is 2.75. The standard InChI is InChI=1S/C22H22ClN3O2/c1-2-28-20-8-4-3-7-19(20)25-12-14-26(15-13-25)22(27)17-9-10-18(23)16-6-5-11-24-21(16)17/h3-11H,2,12-15H2,1H3. The minimum absolute atomic E-state index is 0.00175. The van der Waals surface area contributed by atoms with Gasteiger partial charge in [-0.1, -0.05) is 23.7 Å². The van der Waals surface area contributed by atoms with Gasteiger partial charge in [0.25, 0.3) is 5.91 Å². The number of anilines is 1. The van der Waals surface area contributed by atoms with Crippen molar-refractivity contribution in [2.45, 2.75) is 6.92 Å². The maximum atomic E-state index is 13.1. The molecule has 28 heavy (non-hydrogen) atoms. The van der Waals surface area contributed by atoms with Gasteiger partial charge in [-0.15, -0.1) is 0 Å². The summed E-state index contributed by atoms with van der Waals surface area (Å²) in [5, 5.41) is 1.41. The quantitative estimate of drug-likeness (QED) is 0.662. The Labute approximate surface area is 169 Å². The van der Waals surface area contributed by atoms with E-state index in [4.69, 9.17) is 16.3 Å². The minimum Gasteiger partial charge on any atom is -0.492 e. The third-order valence-corrected chi connectivity index (χ3v) is 5.35. The van der Waals surface area contributed by atoms with E-state index in [0.717, 1.165) is 29.9 Å². The first-order valence-electron chi connectivity index (χ1n) is 9.48. The van der Waals surface area contributed by atoms with Crippen molar-refractivity contribution in [2.75, 3.05) is 37.7 Å². The Morgan fingerprint density at radius 2 is 1.86 bits per heavy atom. The molecule has 0 spiro atoms. The number of piperazine rings is 1. The molecule has 2 aromatic carbocycles. The average molecular weight is 396 g/mol. The second kappa shape index (κ2) is 8.07. The van der Waals surface area contributed by atoms with Crippen LogP contribution < -0.4 is 9.64 Å². The summed E-state index contributed by atoms with van der Waals surface area (Å²) in [5.41, 5.74) is 2.34. The number of para-hydroxylation sites is 2. The number of carbonyl (C=O) groups is 1. The predicted octanol–water partition coefficient (Wildman–Crippen LogP) is 4.25. The molecule has 0 radical (unpaired) electrons. The molecule has 2 heterocycles. The van der Waals surface area contributed by atoms with Gasteiger partial charge in [-0.25, -0.2) is 0 Å². The zero-order valence-electron chi connectivity index (χ0n) is 15.8. The highest BCUT2D eigenvalue weighted by atomic mass is 35.5. The van der Waals surface area contributed by atoms with Crippen molar-refractivity contribution >= 4 is 34.1 Å². The highest BCUT2D eigenvalue weighted by Gasteiger charge is 2.25. The van der Waals surface area contributed by atoms with Gasteiger partial charge in [0.1, 0.15) is 5.75 Å². The first kappa shape index (κ1) is 18.6. The van der Waals surface area contributed by atoms with Gasteiger partial charge in [0.2, 0.25) is 0 Å². The fourth-order valence-electron chi connectivity index (χ4n) is 3.63. The number of halogens is 1. The molecule has 0 unspecified atom stereocenters. The van der Waals surface area contributed by atoms with Gasteiger partial charge in [0.05, 0.1) is 28.4 Å². The number of ether oxygens (including phenoxy) is 1. The highest BCUT2D eigenvalue weighted by molar-refractivity contribution is 6.36. The lowest BCUT2D eigenvalue weighted by molar-refractivity contribution is 0.0748. The van der Waals surface area contributed by atoms with E-state index in [0.29, 0.717) is 35.8 Å². The second-order valence-corrected chi connectivity index (χ2v) is 7.08. The molecule has 0 aliphatic carbocycles. The predicted molar refractivity (Wildman–Crippen MR) is 112 cm³/mol. The number of rotatable bonds is 4. The molecule has 1 aliphatic heterocycles. The van der Waals surface area contributed by atoms with Gasteiger partial charge in [0.15, 0.2) is 0 Å². The number of carbonyl (C=O) groups excluding carboxylic acids is 1. The molecule has 0 N–H and O–H groups in total. The maximum Gasteiger partial charge on any atom is 0.256 e. The van der Waals surface area contributed by atoms with Crippen LogP contribution in [0.25, 0.3) is 10.9 Å². The number of amides is 1. The van der Waals surface area contributed by atoms with E-state index in [-0.39, 0.29) is 5.91 Å². The summed E-state index contributed by atoms with van der Waals surface area (Å²) in [7, 11) is 0. The summed E-state index contributed by atoms with van der Waals surface area (Å²) in [4.78, 5) is 21.7. The van der Waals surface area contributed by atoms with Crippen molar-refractivity contribution in [1.82, 2.24) is 9.88 Å². The number of pyridine rings is 1. The van der Waals surface area contributed by atoms with Crippen LogP contribution >= 0.6 is 11.6 Å². The third-order valence-electron chi connectivity index (χ3n) is 5.02. The van der Waals surface area contributed by atoms with Crippen LogP contribution in [0.3, 0.4) is 0 Å². The van der Waals surface area contributed by atoms with Gasteiger partial charge in [0, 0.05) is 37.8 Å². The van der Waals surface area contributed by atoms with E-state index < -0.39 is 0 Å². The summed E-state index contributed by atoms with van der Waals surface area (Å²) in [6.45, 7) is 5.43. The molecule has 1 fully saturated rings. The monoisotopic (exact) mass is 395 g/mol. The van der Waals surface area contributed by atoms with Crippen LogP contribution in [0.2, 0.25) is 5.02 Å². The summed E-state index contributed by atoms with van der Waals surface area (Å²) < 4.78 is 5.75. The number of hydrogen-bond acceptors (Lipinski definition) is 4. The smallest absolute Gasteiger partial charge is 0.256 e. The van der Waals surface area contributed by atoms with Crippen LogP contribution in [0.4, 0.5) is 5.69 Å². The number of fused-ring (bicyclic) bond motifs is 1. The van der Waals surface area contributed by atoms with Crippen molar-refractivity contribution < 1.29 is 9.53 Å². The summed E-state index contributed by atoms with van der Waals surface area (Å²) in [6, 6.07) is 15.3. The molecule has 1 amide bonds. The van der Waals surface area contributed by atoms with E-state index in [1.807, 2.05) is 42.2 Å². The van der Waals surface area contributed by atoms with Crippen LogP contribution in [0.1, 0.15) is 17.3 Å². The van der Waals surface area contributed by atoms with E-state index in [1.165, 1.54) is 0 Å². The van der Waals surface area contributed by atoms with E-state index in [1.54, 1.807) is 18.3 Å². The van der Waals surface area contributed by atoms with E-state index in [9.17, 15) is 4.79 Å². The summed E-state index contributed by atoms with van der Waals surface area (Å²) >= 11 is 6.26. The Hall–Kier alpha value is -2.79. The fourth-order valence-corrected chi connectivity index (χ4v) is 3.84. The maximum absolute atomic E-state index is 13.1. The minimum atomic E-state index is -0.00175. The Kier molecular flexibility index (Phi) is 5.35. The zero-order valence-corrected chi connectivity index (χ0v) is 16.5. The van der Waals surface area contributed by atoms with Gasteiger partial charge < -0.3 is 14.5 Å². The van der Waals surface area contributed by atoms with Crippen molar-refractivity contribution in [3.63, 3.8) is 0 Å². The number of aromatic nitrogens is 1. The molecule has 0 atom stereocenters.